The van der Waals surface area contributed by atoms with Crippen LogP contribution in [-0.2, 0) is 9.59 Å². The Balaban J connectivity index is 3.42. The zero-order valence-electron chi connectivity index (χ0n) is 7.80. The third kappa shape index (κ3) is 10.1. The maximum Gasteiger partial charge on any atom is 0.293 e. The summed E-state index contributed by atoms with van der Waals surface area (Å²) in [5.41, 5.74) is 9.60. The SMILES string of the molecule is NC(=O)C#CCCCCC#CC(N)=O. The molecule has 0 radical (unpaired) electrons. The fraction of sp³-hybridized carbons (Fsp3) is 0.400. The van der Waals surface area contributed by atoms with Crippen molar-refractivity contribution in [2.75, 3.05) is 0 Å². The van der Waals surface area contributed by atoms with Gasteiger partial charge in [0.2, 0.25) is 0 Å². The topological polar surface area (TPSA) is 86.2 Å². The summed E-state index contributed by atoms with van der Waals surface area (Å²) in [7, 11) is 0. The number of primary amides is 2. The second-order valence-corrected chi connectivity index (χ2v) is 2.54. The van der Waals surface area contributed by atoms with Crippen molar-refractivity contribution < 1.29 is 9.59 Å². The minimum atomic E-state index is -0.612. The Bertz CT molecular complexity index is 292. The van der Waals surface area contributed by atoms with Crippen molar-refractivity contribution in [1.29, 1.82) is 0 Å². The third-order valence-corrected chi connectivity index (χ3v) is 1.28. The van der Waals surface area contributed by atoms with Crippen LogP contribution in [0.4, 0.5) is 0 Å². The van der Waals surface area contributed by atoms with Gasteiger partial charge in [0.15, 0.2) is 0 Å². The second kappa shape index (κ2) is 7.70. The highest BCUT2D eigenvalue weighted by atomic mass is 16.1. The molecule has 0 aliphatic carbocycles. The van der Waals surface area contributed by atoms with Crippen molar-refractivity contribution in [2.45, 2.75) is 25.7 Å². The van der Waals surface area contributed by atoms with E-state index in [0.717, 1.165) is 12.8 Å². The fourth-order valence-electron chi connectivity index (χ4n) is 0.726. The van der Waals surface area contributed by atoms with Crippen LogP contribution in [0.5, 0.6) is 0 Å². The van der Waals surface area contributed by atoms with Crippen LogP contribution in [0.15, 0.2) is 0 Å². The van der Waals surface area contributed by atoms with Gasteiger partial charge in [-0.1, -0.05) is 11.8 Å². The zero-order valence-corrected chi connectivity index (χ0v) is 7.80. The predicted octanol–water partition coefficient (Wildman–Crippen LogP) is -0.476. The van der Waals surface area contributed by atoms with Crippen molar-refractivity contribution in [1.82, 2.24) is 0 Å². The molecule has 0 unspecified atom stereocenters. The first-order chi connectivity index (χ1) is 6.63. The molecule has 0 heterocycles. The number of hydrogen-bond acceptors (Lipinski definition) is 2. The van der Waals surface area contributed by atoms with Crippen LogP contribution in [0.3, 0.4) is 0 Å². The van der Waals surface area contributed by atoms with Gasteiger partial charge < -0.3 is 11.5 Å². The van der Waals surface area contributed by atoms with Crippen molar-refractivity contribution in [3.05, 3.63) is 0 Å². The Kier molecular flexibility index (Phi) is 6.63. The van der Waals surface area contributed by atoms with Crippen LogP contribution in [0.25, 0.3) is 0 Å². The third-order valence-electron chi connectivity index (χ3n) is 1.28. The van der Waals surface area contributed by atoms with Crippen molar-refractivity contribution in [2.24, 2.45) is 11.5 Å². The molecule has 0 aromatic heterocycles. The van der Waals surface area contributed by atoms with E-state index in [1.807, 2.05) is 0 Å². The predicted molar refractivity (Wildman–Crippen MR) is 52.4 cm³/mol. The van der Waals surface area contributed by atoms with Gasteiger partial charge in [0.1, 0.15) is 0 Å². The van der Waals surface area contributed by atoms with Crippen molar-refractivity contribution in [3.8, 4) is 23.7 Å². The van der Waals surface area contributed by atoms with Gasteiger partial charge in [-0.05, 0) is 24.7 Å². The molecule has 0 atom stereocenters. The minimum absolute atomic E-state index is 0.612. The van der Waals surface area contributed by atoms with Gasteiger partial charge in [0.25, 0.3) is 11.8 Å². The monoisotopic (exact) mass is 192 g/mol. The number of unbranched alkanes of at least 4 members (excludes halogenated alkanes) is 3. The summed E-state index contributed by atoms with van der Waals surface area (Å²) < 4.78 is 0. The molecule has 0 aromatic rings. The molecule has 0 aliphatic rings. The Labute approximate surface area is 83.0 Å². The highest BCUT2D eigenvalue weighted by Gasteiger charge is 1.85. The molecule has 14 heavy (non-hydrogen) atoms. The van der Waals surface area contributed by atoms with Crippen LogP contribution in [0.2, 0.25) is 0 Å². The van der Waals surface area contributed by atoms with Crippen LogP contribution in [0, 0.1) is 23.7 Å². The molecule has 0 saturated carbocycles. The lowest BCUT2D eigenvalue weighted by Crippen LogP contribution is -2.06. The summed E-state index contributed by atoms with van der Waals surface area (Å²) in [5, 5.41) is 0. The van der Waals surface area contributed by atoms with Crippen LogP contribution in [0.1, 0.15) is 25.7 Å². The molecular formula is C10H12N2O2. The van der Waals surface area contributed by atoms with Crippen LogP contribution in [-0.4, -0.2) is 11.8 Å². The lowest BCUT2D eigenvalue weighted by atomic mass is 10.2. The van der Waals surface area contributed by atoms with E-state index in [2.05, 4.69) is 23.7 Å². The van der Waals surface area contributed by atoms with Crippen molar-refractivity contribution in [3.63, 3.8) is 0 Å². The molecule has 0 aromatic carbocycles. The molecule has 0 saturated heterocycles. The maximum absolute atomic E-state index is 10.2. The van der Waals surface area contributed by atoms with Gasteiger partial charge in [-0.15, -0.1) is 0 Å². The second-order valence-electron chi connectivity index (χ2n) is 2.54. The minimum Gasteiger partial charge on any atom is -0.359 e. The summed E-state index contributed by atoms with van der Waals surface area (Å²) >= 11 is 0. The number of amides is 2. The van der Waals surface area contributed by atoms with E-state index in [1.54, 1.807) is 0 Å². The van der Waals surface area contributed by atoms with Crippen LogP contribution >= 0.6 is 0 Å². The van der Waals surface area contributed by atoms with Gasteiger partial charge >= 0.3 is 0 Å². The van der Waals surface area contributed by atoms with Gasteiger partial charge in [-0.25, -0.2) is 0 Å². The molecule has 0 aliphatic heterocycles. The average Bonchev–Trinajstić information content (AvgIpc) is 2.08. The van der Waals surface area contributed by atoms with Crippen molar-refractivity contribution >= 4 is 11.8 Å². The Hall–Kier alpha value is -1.94. The quantitative estimate of drug-likeness (QED) is 0.467. The summed E-state index contributed by atoms with van der Waals surface area (Å²) in [5.74, 6) is 8.48. The van der Waals surface area contributed by atoms with E-state index < -0.39 is 11.8 Å². The first kappa shape index (κ1) is 12.1. The standard InChI is InChI=1S/C10H12N2O2/c11-9(13)7-5-3-1-2-4-6-8-10(12)14/h1-4H2,(H2,11,13)(H2,12,14). The van der Waals surface area contributed by atoms with E-state index in [4.69, 9.17) is 11.5 Å². The molecule has 0 bridgehead atoms. The number of carbonyl (C=O) groups is 2. The van der Waals surface area contributed by atoms with E-state index in [1.165, 1.54) is 0 Å². The summed E-state index contributed by atoms with van der Waals surface area (Å²) in [6.45, 7) is 0. The number of carbonyl (C=O) groups excluding carboxylic acids is 2. The van der Waals surface area contributed by atoms with E-state index in [-0.39, 0.29) is 0 Å². The summed E-state index contributed by atoms with van der Waals surface area (Å²) in [6, 6.07) is 0. The molecule has 0 spiro atoms. The lowest BCUT2D eigenvalue weighted by molar-refractivity contribution is -0.113. The van der Waals surface area contributed by atoms with Gasteiger partial charge in [-0.3, -0.25) is 9.59 Å². The van der Waals surface area contributed by atoms with Gasteiger partial charge in [0.05, 0.1) is 0 Å². The molecule has 74 valence electrons. The highest BCUT2D eigenvalue weighted by molar-refractivity contribution is 5.92. The lowest BCUT2D eigenvalue weighted by Gasteiger charge is -1.87. The molecule has 4 heteroatoms. The molecular weight excluding hydrogens is 180 g/mol. The largest absolute Gasteiger partial charge is 0.359 e. The number of rotatable bonds is 3. The first-order valence-corrected chi connectivity index (χ1v) is 4.19. The van der Waals surface area contributed by atoms with E-state index in [0.29, 0.717) is 12.8 Å². The molecule has 0 fully saturated rings. The first-order valence-electron chi connectivity index (χ1n) is 4.19. The van der Waals surface area contributed by atoms with Crippen LogP contribution < -0.4 is 11.5 Å². The Morgan fingerprint density at radius 2 is 1.21 bits per heavy atom. The molecule has 4 N–H and O–H groups in total. The van der Waals surface area contributed by atoms with Gasteiger partial charge in [0, 0.05) is 12.8 Å². The molecule has 4 nitrogen and oxygen atoms in total. The fourth-order valence-corrected chi connectivity index (χ4v) is 0.726. The normalized spacial score (nSPS) is 7.71. The number of hydrogen-bond donors (Lipinski definition) is 2. The smallest absolute Gasteiger partial charge is 0.293 e. The molecule has 2 amide bonds. The summed E-state index contributed by atoms with van der Waals surface area (Å²) in [6.07, 6.45) is 2.88. The Morgan fingerprint density at radius 3 is 1.50 bits per heavy atom. The summed E-state index contributed by atoms with van der Waals surface area (Å²) in [4.78, 5) is 20.4. The zero-order chi connectivity index (χ0) is 10.8. The number of nitrogens with two attached hydrogens (primary N) is 2. The maximum atomic E-state index is 10.2. The Morgan fingerprint density at radius 1 is 0.857 bits per heavy atom. The molecule has 0 rings (SSSR count). The average molecular weight is 192 g/mol. The van der Waals surface area contributed by atoms with E-state index in [9.17, 15) is 9.59 Å². The van der Waals surface area contributed by atoms with E-state index >= 15 is 0 Å². The van der Waals surface area contributed by atoms with Gasteiger partial charge in [-0.2, -0.15) is 0 Å². The highest BCUT2D eigenvalue weighted by Crippen LogP contribution is 1.96.